The number of aromatic nitrogens is 4. The highest BCUT2D eigenvalue weighted by atomic mass is 19.1. The Hall–Kier alpha value is -2.74. The third-order valence-corrected chi connectivity index (χ3v) is 6.11. The molecule has 2 aliphatic heterocycles. The normalized spacial score (nSPS) is 20.1. The van der Waals surface area contributed by atoms with Crippen LogP contribution in [0.15, 0.2) is 24.3 Å². The summed E-state index contributed by atoms with van der Waals surface area (Å²) in [7, 11) is 3.97. The first kappa shape index (κ1) is 17.4. The van der Waals surface area contributed by atoms with Gasteiger partial charge >= 0.3 is 0 Å². The van der Waals surface area contributed by atoms with Gasteiger partial charge in [-0.15, -0.1) is 10.2 Å². The Morgan fingerprint density at radius 3 is 2.79 bits per heavy atom. The molecule has 146 valence electrons. The van der Waals surface area contributed by atoms with E-state index in [1.165, 1.54) is 18.6 Å². The van der Waals surface area contributed by atoms with Crippen molar-refractivity contribution in [2.45, 2.75) is 32.0 Å². The van der Waals surface area contributed by atoms with Crippen molar-refractivity contribution < 1.29 is 9.18 Å². The van der Waals surface area contributed by atoms with Gasteiger partial charge in [-0.05, 0) is 50.7 Å². The lowest BCUT2D eigenvalue weighted by atomic mass is 10.2. The molecule has 7 nitrogen and oxygen atoms in total. The van der Waals surface area contributed by atoms with Gasteiger partial charge in [0.1, 0.15) is 11.5 Å². The molecule has 1 fully saturated rings. The number of likely N-dealkylation sites (tertiary alicyclic amines) is 1. The van der Waals surface area contributed by atoms with Crippen molar-refractivity contribution in [1.29, 1.82) is 0 Å². The van der Waals surface area contributed by atoms with Crippen molar-refractivity contribution in [1.82, 2.24) is 29.1 Å². The second-order valence-electron chi connectivity index (χ2n) is 7.78. The summed E-state index contributed by atoms with van der Waals surface area (Å²) in [5, 5.41) is 9.55. The van der Waals surface area contributed by atoms with E-state index in [1.807, 2.05) is 11.6 Å². The lowest BCUT2D eigenvalue weighted by molar-refractivity contribution is 0.0695. The first-order valence-corrected chi connectivity index (χ1v) is 9.69. The summed E-state index contributed by atoms with van der Waals surface area (Å²) in [5.74, 6) is 1.49. The molecule has 2 aromatic heterocycles. The maximum Gasteiger partial charge on any atom is 0.270 e. The number of aryl methyl sites for hydroxylation is 1. The largest absolute Gasteiger partial charge is 0.340 e. The van der Waals surface area contributed by atoms with Crippen LogP contribution in [0.1, 0.15) is 41.0 Å². The molecule has 2 aliphatic rings. The third kappa shape index (κ3) is 2.63. The summed E-state index contributed by atoms with van der Waals surface area (Å²) in [4.78, 5) is 17.3. The maximum absolute atomic E-state index is 13.5. The van der Waals surface area contributed by atoms with Gasteiger partial charge in [-0.25, -0.2) is 4.39 Å². The molecule has 1 amide bonds. The molecule has 1 aromatic carbocycles. The van der Waals surface area contributed by atoms with Gasteiger partial charge in [0, 0.05) is 31.0 Å². The number of fused-ring (bicyclic) bond motifs is 2. The van der Waals surface area contributed by atoms with Crippen molar-refractivity contribution in [3.8, 4) is 0 Å². The molecule has 0 saturated carbocycles. The Bertz CT molecular complexity index is 1070. The van der Waals surface area contributed by atoms with Crippen LogP contribution in [0.25, 0.3) is 10.9 Å². The highest BCUT2D eigenvalue weighted by Gasteiger charge is 2.32. The van der Waals surface area contributed by atoms with E-state index in [9.17, 15) is 9.18 Å². The van der Waals surface area contributed by atoms with Gasteiger partial charge < -0.3 is 14.0 Å². The van der Waals surface area contributed by atoms with Gasteiger partial charge in [-0.1, -0.05) is 0 Å². The van der Waals surface area contributed by atoms with Crippen molar-refractivity contribution >= 4 is 16.8 Å². The number of nitrogens with zero attached hydrogens (tertiary/aromatic N) is 6. The predicted octanol–water partition coefficient (Wildman–Crippen LogP) is 2.33. The van der Waals surface area contributed by atoms with Gasteiger partial charge in [0.25, 0.3) is 5.91 Å². The van der Waals surface area contributed by atoms with E-state index in [4.69, 9.17) is 0 Å². The number of halogens is 1. The summed E-state index contributed by atoms with van der Waals surface area (Å²) in [5.41, 5.74) is 1.40. The molecule has 0 bridgehead atoms. The zero-order chi connectivity index (χ0) is 19.4. The van der Waals surface area contributed by atoms with Crippen molar-refractivity contribution in [3.63, 3.8) is 0 Å². The Kier molecular flexibility index (Phi) is 3.97. The van der Waals surface area contributed by atoms with Crippen molar-refractivity contribution in [3.05, 3.63) is 47.4 Å². The van der Waals surface area contributed by atoms with Gasteiger partial charge in [-0.2, -0.15) is 0 Å². The number of amides is 1. The second kappa shape index (κ2) is 6.41. The van der Waals surface area contributed by atoms with Crippen LogP contribution in [0.4, 0.5) is 4.39 Å². The number of rotatable bonds is 2. The topological polar surface area (TPSA) is 59.2 Å². The number of hydrogen-bond donors (Lipinski definition) is 0. The molecule has 0 unspecified atom stereocenters. The second-order valence-corrected chi connectivity index (χ2v) is 7.78. The first-order chi connectivity index (χ1) is 13.5. The smallest absolute Gasteiger partial charge is 0.270 e. The van der Waals surface area contributed by atoms with Crippen LogP contribution in [0.5, 0.6) is 0 Å². The molecule has 0 aliphatic carbocycles. The van der Waals surface area contributed by atoms with Gasteiger partial charge in [-0.3, -0.25) is 9.69 Å². The number of carbonyl (C=O) groups is 1. The zero-order valence-electron chi connectivity index (χ0n) is 16.1. The minimum atomic E-state index is -0.299. The Balaban J connectivity index is 1.41. The highest BCUT2D eigenvalue weighted by molar-refractivity contribution is 5.98. The van der Waals surface area contributed by atoms with Crippen LogP contribution in [0, 0.1) is 5.82 Å². The van der Waals surface area contributed by atoms with Crippen molar-refractivity contribution in [2.24, 2.45) is 7.05 Å². The highest BCUT2D eigenvalue weighted by Crippen LogP contribution is 2.31. The molecule has 5 rings (SSSR count). The fourth-order valence-corrected chi connectivity index (χ4v) is 4.52. The van der Waals surface area contributed by atoms with Gasteiger partial charge in [0.15, 0.2) is 11.6 Å². The average Bonchev–Trinajstić information content (AvgIpc) is 3.37. The number of carbonyl (C=O) groups excluding carboxylic acids is 1. The minimum absolute atomic E-state index is 0.0621. The first-order valence-electron chi connectivity index (χ1n) is 9.69. The maximum atomic E-state index is 13.5. The molecule has 4 heterocycles. The van der Waals surface area contributed by atoms with E-state index in [1.54, 1.807) is 17.0 Å². The molecule has 1 saturated heterocycles. The van der Waals surface area contributed by atoms with Crippen molar-refractivity contribution in [2.75, 3.05) is 20.1 Å². The van der Waals surface area contributed by atoms with Gasteiger partial charge in [0.05, 0.1) is 12.6 Å². The summed E-state index contributed by atoms with van der Waals surface area (Å²) in [6, 6.07) is 6.67. The fourth-order valence-electron chi connectivity index (χ4n) is 4.52. The number of hydrogen-bond acceptors (Lipinski definition) is 4. The fraction of sp³-hybridized carbons (Fsp3) is 0.450. The van der Waals surface area contributed by atoms with E-state index in [0.717, 1.165) is 35.5 Å². The standard InChI is InChI=1S/C20H23FN6O/c1-24-7-3-4-16(24)19-23-22-18-12-26(8-9-27(18)19)20(28)17-11-13-10-14(21)5-6-15(13)25(17)2/h5-6,10-11,16H,3-4,7-9,12H2,1-2H3/t16-/m0/s1. The van der Waals surface area contributed by atoms with E-state index >= 15 is 0 Å². The molecular formula is C20H23FN6O. The molecule has 0 spiro atoms. The lowest BCUT2D eigenvalue weighted by Gasteiger charge is -2.29. The van der Waals surface area contributed by atoms with Crippen LogP contribution in [0.2, 0.25) is 0 Å². The molecule has 0 N–H and O–H groups in total. The molecular weight excluding hydrogens is 359 g/mol. The van der Waals surface area contributed by atoms with E-state index < -0.39 is 0 Å². The lowest BCUT2D eigenvalue weighted by Crippen LogP contribution is -2.39. The Morgan fingerprint density at radius 2 is 2.00 bits per heavy atom. The zero-order valence-corrected chi connectivity index (χ0v) is 16.1. The third-order valence-electron chi connectivity index (χ3n) is 6.11. The van der Waals surface area contributed by atoms with Crippen LogP contribution >= 0.6 is 0 Å². The SMILES string of the molecule is CN1CCC[C@H]1c1nnc2n1CCN(C(=O)c1cc3cc(F)ccc3n1C)C2. The summed E-state index contributed by atoms with van der Waals surface area (Å²) in [6.45, 7) is 2.84. The van der Waals surface area contributed by atoms with Crippen LogP contribution in [-0.4, -0.2) is 55.2 Å². The number of benzene rings is 1. The van der Waals surface area contributed by atoms with Gasteiger partial charge in [0.2, 0.25) is 0 Å². The van der Waals surface area contributed by atoms with Crippen LogP contribution in [0.3, 0.4) is 0 Å². The van der Waals surface area contributed by atoms with E-state index in [2.05, 4.69) is 26.7 Å². The van der Waals surface area contributed by atoms with Crippen LogP contribution in [-0.2, 0) is 20.1 Å². The Morgan fingerprint density at radius 1 is 1.14 bits per heavy atom. The molecule has 0 radical (unpaired) electrons. The molecule has 8 heteroatoms. The predicted molar refractivity (Wildman–Crippen MR) is 102 cm³/mol. The Labute approximate surface area is 162 Å². The van der Waals surface area contributed by atoms with E-state index in [0.29, 0.717) is 31.4 Å². The molecule has 3 aromatic rings. The minimum Gasteiger partial charge on any atom is -0.340 e. The van der Waals surface area contributed by atoms with E-state index in [-0.39, 0.29) is 11.7 Å². The summed E-state index contributed by atoms with van der Waals surface area (Å²) < 4.78 is 17.5. The quantitative estimate of drug-likeness (QED) is 0.683. The molecule has 1 atom stereocenters. The average molecular weight is 382 g/mol. The monoisotopic (exact) mass is 382 g/mol. The summed E-state index contributed by atoms with van der Waals surface area (Å²) >= 11 is 0. The van der Waals surface area contributed by atoms with Crippen LogP contribution < -0.4 is 0 Å². The summed E-state index contributed by atoms with van der Waals surface area (Å²) in [6.07, 6.45) is 2.28. The molecule has 28 heavy (non-hydrogen) atoms.